The molecule has 0 bridgehead atoms. The monoisotopic (exact) mass is 354 g/mol. The van der Waals surface area contributed by atoms with Crippen LogP contribution in [0.2, 0.25) is 10.0 Å². The number of hydrogen-bond acceptors (Lipinski definition) is 4. The third-order valence-corrected chi connectivity index (χ3v) is 3.64. The summed E-state index contributed by atoms with van der Waals surface area (Å²) >= 11 is 12.3. The lowest BCUT2D eigenvalue weighted by Gasteiger charge is -2.14. The Morgan fingerprint density at radius 1 is 1.09 bits per heavy atom. The highest BCUT2D eigenvalue weighted by Gasteiger charge is 2.14. The summed E-state index contributed by atoms with van der Waals surface area (Å²) in [4.78, 5) is 11.0. The summed E-state index contributed by atoms with van der Waals surface area (Å²) in [5.41, 5.74) is 0.756. The smallest absolute Gasteiger partial charge is 0.308 e. The van der Waals surface area contributed by atoms with Crippen LogP contribution in [0.1, 0.15) is 32.3 Å². The molecule has 1 N–H and O–H groups in total. The predicted octanol–water partition coefficient (Wildman–Crippen LogP) is 5.54. The molecule has 0 saturated heterocycles. The first kappa shape index (κ1) is 17.4. The molecule has 0 aliphatic heterocycles. The summed E-state index contributed by atoms with van der Waals surface area (Å²) in [6.45, 7) is 5.22. The van der Waals surface area contributed by atoms with E-state index < -0.39 is 5.97 Å². The fourth-order valence-electron chi connectivity index (χ4n) is 2.04. The van der Waals surface area contributed by atoms with E-state index in [0.717, 1.165) is 5.56 Å². The Morgan fingerprint density at radius 3 is 2.22 bits per heavy atom. The minimum absolute atomic E-state index is 0.135. The molecule has 0 fully saturated rings. The molecule has 2 aromatic carbocycles. The molecule has 0 spiro atoms. The van der Waals surface area contributed by atoms with Gasteiger partial charge in [0.05, 0.1) is 10.0 Å². The summed E-state index contributed by atoms with van der Waals surface area (Å²) in [5.74, 6) is 0.866. The molecule has 0 radical (unpaired) electrons. The molecule has 0 unspecified atom stereocenters. The molecule has 0 aliphatic rings. The molecular weight excluding hydrogens is 339 g/mol. The van der Waals surface area contributed by atoms with Crippen molar-refractivity contribution in [2.75, 3.05) is 0 Å². The van der Waals surface area contributed by atoms with Gasteiger partial charge in [-0.05, 0) is 24.1 Å². The first-order valence-electron chi connectivity index (χ1n) is 6.96. The van der Waals surface area contributed by atoms with Crippen LogP contribution in [0.3, 0.4) is 0 Å². The van der Waals surface area contributed by atoms with Crippen molar-refractivity contribution in [2.24, 2.45) is 0 Å². The van der Waals surface area contributed by atoms with Crippen LogP contribution < -0.4 is 9.47 Å². The molecular formula is C17H16Cl2O4. The highest BCUT2D eigenvalue weighted by molar-refractivity contribution is 6.37. The second kappa shape index (κ2) is 7.11. The number of rotatable bonds is 4. The summed E-state index contributed by atoms with van der Waals surface area (Å²) in [7, 11) is 0. The van der Waals surface area contributed by atoms with E-state index in [1.54, 1.807) is 18.2 Å². The summed E-state index contributed by atoms with van der Waals surface area (Å²) < 4.78 is 10.7. The van der Waals surface area contributed by atoms with Crippen molar-refractivity contribution in [1.82, 2.24) is 0 Å². The van der Waals surface area contributed by atoms with Gasteiger partial charge < -0.3 is 14.6 Å². The first-order valence-corrected chi connectivity index (χ1v) is 7.71. The Hall–Kier alpha value is -1.91. The Kier molecular flexibility index (Phi) is 5.39. The van der Waals surface area contributed by atoms with Crippen LogP contribution in [-0.4, -0.2) is 11.1 Å². The number of carbonyl (C=O) groups excluding carboxylic acids is 1. The van der Waals surface area contributed by atoms with Crippen LogP contribution in [0.25, 0.3) is 0 Å². The van der Waals surface area contributed by atoms with Crippen LogP contribution >= 0.6 is 23.2 Å². The standard InChI is InChI=1S/C17H16Cl2O4/c1-9(2)13-6-11(4-5-16(13)21)23-17-14(18)7-12(8-15(17)19)22-10(3)20/h4-9,21H,1-3H3. The molecule has 0 atom stereocenters. The van der Waals surface area contributed by atoms with Crippen LogP contribution in [0.15, 0.2) is 30.3 Å². The number of benzene rings is 2. The molecule has 4 nitrogen and oxygen atoms in total. The number of esters is 1. The van der Waals surface area contributed by atoms with Crippen molar-refractivity contribution in [3.8, 4) is 23.0 Å². The summed E-state index contributed by atoms with van der Waals surface area (Å²) in [6, 6.07) is 7.81. The van der Waals surface area contributed by atoms with Gasteiger partial charge in [-0.2, -0.15) is 0 Å². The van der Waals surface area contributed by atoms with E-state index in [4.69, 9.17) is 32.7 Å². The van der Waals surface area contributed by atoms with Gasteiger partial charge in [0.2, 0.25) is 0 Å². The van der Waals surface area contributed by atoms with Crippen LogP contribution in [-0.2, 0) is 4.79 Å². The van der Waals surface area contributed by atoms with E-state index in [1.807, 2.05) is 13.8 Å². The van der Waals surface area contributed by atoms with Gasteiger partial charge in [-0.15, -0.1) is 0 Å². The van der Waals surface area contributed by atoms with Gasteiger partial charge >= 0.3 is 5.97 Å². The number of aromatic hydroxyl groups is 1. The topological polar surface area (TPSA) is 55.8 Å². The average molecular weight is 355 g/mol. The van der Waals surface area contributed by atoms with Crippen molar-refractivity contribution in [2.45, 2.75) is 26.7 Å². The fourth-order valence-corrected chi connectivity index (χ4v) is 2.58. The van der Waals surface area contributed by atoms with Gasteiger partial charge in [-0.25, -0.2) is 0 Å². The highest BCUT2D eigenvalue weighted by Crippen LogP contribution is 2.40. The lowest BCUT2D eigenvalue weighted by molar-refractivity contribution is -0.131. The van der Waals surface area contributed by atoms with Crippen molar-refractivity contribution >= 4 is 29.2 Å². The summed E-state index contributed by atoms with van der Waals surface area (Å²) in [5, 5.41) is 10.3. The van der Waals surface area contributed by atoms with Crippen molar-refractivity contribution in [1.29, 1.82) is 0 Å². The molecule has 0 heterocycles. The SMILES string of the molecule is CC(=O)Oc1cc(Cl)c(Oc2ccc(O)c(C(C)C)c2)c(Cl)c1. The number of halogens is 2. The van der Waals surface area contributed by atoms with Crippen LogP contribution in [0.5, 0.6) is 23.0 Å². The second-order valence-electron chi connectivity index (χ2n) is 5.29. The van der Waals surface area contributed by atoms with Gasteiger partial charge in [0, 0.05) is 24.6 Å². The van der Waals surface area contributed by atoms with E-state index in [1.165, 1.54) is 19.1 Å². The fraction of sp³-hybridized carbons (Fsp3) is 0.235. The maximum absolute atomic E-state index is 11.0. The van der Waals surface area contributed by atoms with E-state index in [-0.39, 0.29) is 33.2 Å². The Bertz CT molecular complexity index is 718. The van der Waals surface area contributed by atoms with Gasteiger partial charge in [-0.1, -0.05) is 37.0 Å². The normalized spacial score (nSPS) is 10.7. The van der Waals surface area contributed by atoms with Crippen LogP contribution in [0.4, 0.5) is 0 Å². The zero-order chi connectivity index (χ0) is 17.1. The quantitative estimate of drug-likeness (QED) is 0.578. The molecule has 6 heteroatoms. The van der Waals surface area contributed by atoms with Crippen molar-refractivity contribution < 1.29 is 19.4 Å². The van der Waals surface area contributed by atoms with Gasteiger partial charge in [0.1, 0.15) is 17.2 Å². The highest BCUT2D eigenvalue weighted by atomic mass is 35.5. The Morgan fingerprint density at radius 2 is 1.70 bits per heavy atom. The summed E-state index contributed by atoms with van der Waals surface area (Å²) in [6.07, 6.45) is 0. The van der Waals surface area contributed by atoms with Crippen LogP contribution in [0, 0.1) is 0 Å². The molecule has 0 aliphatic carbocycles. The molecule has 0 amide bonds. The predicted molar refractivity (Wildman–Crippen MR) is 90.0 cm³/mol. The maximum atomic E-state index is 11.0. The minimum Gasteiger partial charge on any atom is -0.508 e. The Balaban J connectivity index is 2.33. The number of ether oxygens (including phenoxy) is 2. The second-order valence-corrected chi connectivity index (χ2v) is 6.10. The van der Waals surface area contributed by atoms with Gasteiger partial charge in [-0.3, -0.25) is 4.79 Å². The van der Waals surface area contributed by atoms with Gasteiger partial charge in [0.25, 0.3) is 0 Å². The molecule has 122 valence electrons. The Labute approximate surface area is 144 Å². The average Bonchev–Trinajstić information content (AvgIpc) is 2.43. The zero-order valence-corrected chi connectivity index (χ0v) is 14.4. The van der Waals surface area contributed by atoms with E-state index in [2.05, 4.69) is 0 Å². The van der Waals surface area contributed by atoms with E-state index in [9.17, 15) is 9.90 Å². The lowest BCUT2D eigenvalue weighted by atomic mass is 10.0. The van der Waals surface area contributed by atoms with E-state index >= 15 is 0 Å². The van der Waals surface area contributed by atoms with Gasteiger partial charge in [0.15, 0.2) is 5.75 Å². The third kappa shape index (κ3) is 4.30. The molecule has 2 rings (SSSR count). The molecule has 0 aromatic heterocycles. The molecule has 23 heavy (non-hydrogen) atoms. The number of hydrogen-bond donors (Lipinski definition) is 1. The number of carbonyl (C=O) groups is 1. The number of phenolic OH excluding ortho intramolecular Hbond substituents is 1. The third-order valence-electron chi connectivity index (χ3n) is 3.07. The zero-order valence-electron chi connectivity index (χ0n) is 12.9. The first-order chi connectivity index (χ1) is 10.8. The number of phenols is 1. The minimum atomic E-state index is -0.467. The molecule has 0 saturated carbocycles. The van der Waals surface area contributed by atoms with E-state index in [0.29, 0.717) is 5.75 Å². The maximum Gasteiger partial charge on any atom is 0.308 e. The molecule has 2 aromatic rings. The lowest BCUT2D eigenvalue weighted by Crippen LogP contribution is -2.01. The van der Waals surface area contributed by atoms with Crippen molar-refractivity contribution in [3.63, 3.8) is 0 Å². The largest absolute Gasteiger partial charge is 0.508 e. The van der Waals surface area contributed by atoms with Crippen molar-refractivity contribution in [3.05, 3.63) is 45.9 Å².